The first-order valence-electron chi connectivity index (χ1n) is 8.05. The molecule has 0 saturated heterocycles. The van der Waals surface area contributed by atoms with E-state index in [1.165, 1.54) is 12.5 Å². The average Bonchev–Trinajstić information content (AvgIpc) is 2.54. The third kappa shape index (κ3) is 6.18. The molecule has 2 N–H and O–H groups in total. The molecule has 6 nitrogen and oxygen atoms in total. The van der Waals surface area contributed by atoms with Gasteiger partial charge in [-0.1, -0.05) is 6.07 Å². The van der Waals surface area contributed by atoms with Crippen LogP contribution in [-0.2, 0) is 16.0 Å². The van der Waals surface area contributed by atoms with Gasteiger partial charge in [0.25, 0.3) is 0 Å². The summed E-state index contributed by atoms with van der Waals surface area (Å²) in [5, 5.41) is 5.46. The molecular formula is C17H24N2O4. The van der Waals surface area contributed by atoms with Crippen LogP contribution >= 0.6 is 0 Å². The monoisotopic (exact) mass is 320 g/mol. The number of unbranched alkanes of at least 4 members (excludes halogenated alkanes) is 1. The highest BCUT2D eigenvalue weighted by Gasteiger charge is 2.11. The molecule has 1 heterocycles. The Morgan fingerprint density at radius 3 is 2.61 bits per heavy atom. The highest BCUT2D eigenvalue weighted by atomic mass is 16.6. The zero-order valence-electron chi connectivity index (χ0n) is 13.5. The number of benzene rings is 1. The fourth-order valence-electron chi connectivity index (χ4n) is 2.37. The quantitative estimate of drug-likeness (QED) is 0.710. The summed E-state index contributed by atoms with van der Waals surface area (Å²) in [6.07, 6.45) is 3.17. The lowest BCUT2D eigenvalue weighted by Crippen LogP contribution is -2.30. The first-order valence-corrected chi connectivity index (χ1v) is 8.05. The van der Waals surface area contributed by atoms with Crippen molar-refractivity contribution < 1.29 is 19.1 Å². The molecule has 126 valence electrons. The van der Waals surface area contributed by atoms with Gasteiger partial charge in [0.2, 0.25) is 11.8 Å². The van der Waals surface area contributed by atoms with Crippen molar-refractivity contribution in [2.24, 2.45) is 0 Å². The third-order valence-corrected chi connectivity index (χ3v) is 3.55. The molecule has 0 saturated carbocycles. The summed E-state index contributed by atoms with van der Waals surface area (Å²) in [5.74, 6) is 1.49. The van der Waals surface area contributed by atoms with Crippen molar-refractivity contribution in [3.63, 3.8) is 0 Å². The number of fused-ring (bicyclic) bond motifs is 1. The number of ether oxygens (including phenoxy) is 2. The van der Waals surface area contributed by atoms with Crippen molar-refractivity contribution in [1.82, 2.24) is 10.6 Å². The Kier molecular flexibility index (Phi) is 6.72. The Morgan fingerprint density at radius 2 is 1.83 bits per heavy atom. The van der Waals surface area contributed by atoms with E-state index in [2.05, 4.69) is 16.7 Å². The predicted octanol–water partition coefficient (Wildman–Crippen LogP) is 1.42. The number of amides is 2. The van der Waals surface area contributed by atoms with Crippen molar-refractivity contribution in [2.45, 2.75) is 32.6 Å². The molecule has 2 amide bonds. The number of carbonyl (C=O) groups excluding carboxylic acids is 2. The molecule has 0 atom stereocenters. The molecule has 6 heteroatoms. The molecule has 1 aromatic rings. The van der Waals surface area contributed by atoms with Crippen LogP contribution in [0.3, 0.4) is 0 Å². The maximum atomic E-state index is 11.5. The molecule has 0 unspecified atom stereocenters. The van der Waals surface area contributed by atoms with Crippen molar-refractivity contribution in [3.05, 3.63) is 23.8 Å². The van der Waals surface area contributed by atoms with E-state index in [0.717, 1.165) is 30.8 Å². The zero-order chi connectivity index (χ0) is 16.5. The smallest absolute Gasteiger partial charge is 0.221 e. The van der Waals surface area contributed by atoms with Gasteiger partial charge < -0.3 is 20.1 Å². The Balaban J connectivity index is 1.58. The molecule has 1 aliphatic rings. The Hall–Kier alpha value is -2.24. The topological polar surface area (TPSA) is 76.7 Å². The van der Waals surface area contributed by atoms with Crippen LogP contribution in [-0.4, -0.2) is 38.1 Å². The summed E-state index contributed by atoms with van der Waals surface area (Å²) in [7, 11) is 0. The second-order valence-corrected chi connectivity index (χ2v) is 5.52. The summed E-state index contributed by atoms with van der Waals surface area (Å²) in [6.45, 7) is 3.69. The summed E-state index contributed by atoms with van der Waals surface area (Å²) in [6, 6.07) is 6.04. The van der Waals surface area contributed by atoms with Crippen LogP contribution in [0.25, 0.3) is 0 Å². The lowest BCUT2D eigenvalue weighted by atomic mass is 10.1. The second kappa shape index (κ2) is 9.02. The van der Waals surface area contributed by atoms with Gasteiger partial charge in [0.05, 0.1) is 0 Å². The molecular weight excluding hydrogens is 296 g/mol. The molecule has 0 bridgehead atoms. The van der Waals surface area contributed by atoms with Crippen LogP contribution in [0.4, 0.5) is 0 Å². The van der Waals surface area contributed by atoms with Gasteiger partial charge >= 0.3 is 0 Å². The van der Waals surface area contributed by atoms with Gasteiger partial charge in [0.15, 0.2) is 11.5 Å². The summed E-state index contributed by atoms with van der Waals surface area (Å²) < 4.78 is 11.1. The number of hydrogen-bond donors (Lipinski definition) is 2. The van der Waals surface area contributed by atoms with Gasteiger partial charge in [-0.2, -0.15) is 0 Å². The van der Waals surface area contributed by atoms with Crippen molar-refractivity contribution in [1.29, 1.82) is 0 Å². The van der Waals surface area contributed by atoms with Crippen LogP contribution in [0.15, 0.2) is 18.2 Å². The van der Waals surface area contributed by atoms with Crippen molar-refractivity contribution in [3.8, 4) is 11.5 Å². The molecule has 0 spiro atoms. The van der Waals surface area contributed by atoms with Gasteiger partial charge in [-0.25, -0.2) is 0 Å². The molecule has 1 aromatic carbocycles. The second-order valence-electron chi connectivity index (χ2n) is 5.52. The van der Waals surface area contributed by atoms with E-state index in [9.17, 15) is 9.59 Å². The first-order chi connectivity index (χ1) is 11.1. The lowest BCUT2D eigenvalue weighted by Gasteiger charge is -2.18. The van der Waals surface area contributed by atoms with E-state index in [-0.39, 0.29) is 11.8 Å². The third-order valence-electron chi connectivity index (χ3n) is 3.55. The standard InChI is InChI=1S/C17H24N2O4/c1-13(20)18-9-7-17(21)19-8-3-2-4-14-5-6-15-16(12-14)23-11-10-22-15/h5-6,12H,2-4,7-11H2,1H3,(H,18,20)(H,19,21). The Morgan fingerprint density at radius 1 is 1.04 bits per heavy atom. The summed E-state index contributed by atoms with van der Waals surface area (Å²) in [5.41, 5.74) is 1.21. The van der Waals surface area contributed by atoms with Crippen LogP contribution in [0.2, 0.25) is 0 Å². The lowest BCUT2D eigenvalue weighted by molar-refractivity contribution is -0.121. The first kappa shape index (κ1) is 17.1. The molecule has 0 aromatic heterocycles. The number of rotatable bonds is 8. The van der Waals surface area contributed by atoms with E-state index < -0.39 is 0 Å². The molecule has 0 radical (unpaired) electrons. The van der Waals surface area contributed by atoms with E-state index >= 15 is 0 Å². The molecule has 1 aliphatic heterocycles. The normalized spacial score (nSPS) is 12.6. The van der Waals surface area contributed by atoms with Crippen molar-refractivity contribution in [2.75, 3.05) is 26.3 Å². The fourth-order valence-corrected chi connectivity index (χ4v) is 2.37. The van der Waals surface area contributed by atoms with E-state index in [4.69, 9.17) is 9.47 Å². The van der Waals surface area contributed by atoms with E-state index in [0.29, 0.717) is 32.7 Å². The highest BCUT2D eigenvalue weighted by Crippen LogP contribution is 2.31. The number of aryl methyl sites for hydroxylation is 1. The minimum atomic E-state index is -0.114. The largest absolute Gasteiger partial charge is 0.486 e. The van der Waals surface area contributed by atoms with Crippen LogP contribution in [0, 0.1) is 0 Å². The van der Waals surface area contributed by atoms with E-state index in [1.807, 2.05) is 12.1 Å². The van der Waals surface area contributed by atoms with Crippen LogP contribution < -0.4 is 20.1 Å². The van der Waals surface area contributed by atoms with Gasteiger partial charge in [0.1, 0.15) is 13.2 Å². The predicted molar refractivity (Wildman–Crippen MR) is 86.7 cm³/mol. The van der Waals surface area contributed by atoms with Crippen molar-refractivity contribution >= 4 is 11.8 Å². The van der Waals surface area contributed by atoms with Crippen LogP contribution in [0.5, 0.6) is 11.5 Å². The molecule has 23 heavy (non-hydrogen) atoms. The highest BCUT2D eigenvalue weighted by molar-refractivity contribution is 5.77. The summed E-state index contributed by atoms with van der Waals surface area (Å²) >= 11 is 0. The number of nitrogens with one attached hydrogen (secondary N) is 2. The van der Waals surface area contributed by atoms with Gasteiger partial charge in [0, 0.05) is 26.4 Å². The number of carbonyl (C=O) groups is 2. The van der Waals surface area contributed by atoms with E-state index in [1.54, 1.807) is 0 Å². The van der Waals surface area contributed by atoms with Gasteiger partial charge in [-0.05, 0) is 37.0 Å². The van der Waals surface area contributed by atoms with Crippen LogP contribution in [0.1, 0.15) is 31.7 Å². The minimum Gasteiger partial charge on any atom is -0.486 e. The fraction of sp³-hybridized carbons (Fsp3) is 0.529. The zero-order valence-corrected chi connectivity index (χ0v) is 13.5. The molecule has 2 rings (SSSR count). The van der Waals surface area contributed by atoms with Gasteiger partial charge in [-0.15, -0.1) is 0 Å². The summed E-state index contributed by atoms with van der Waals surface area (Å²) in [4.78, 5) is 22.2. The number of hydrogen-bond acceptors (Lipinski definition) is 4. The average molecular weight is 320 g/mol. The maximum Gasteiger partial charge on any atom is 0.221 e. The van der Waals surface area contributed by atoms with Gasteiger partial charge in [-0.3, -0.25) is 9.59 Å². The molecule has 0 aliphatic carbocycles. The Bertz CT molecular complexity index is 545. The molecule has 0 fully saturated rings. The Labute approximate surface area is 136 Å². The maximum absolute atomic E-state index is 11.5. The minimum absolute atomic E-state index is 0.0296. The SMILES string of the molecule is CC(=O)NCCC(=O)NCCCCc1ccc2c(c1)OCCO2.